The van der Waals surface area contributed by atoms with E-state index in [0.717, 1.165) is 4.47 Å². The number of methoxy groups -OCH3 is 2. The second kappa shape index (κ2) is 5.37. The molecule has 0 aliphatic rings. The molecule has 0 bridgehead atoms. The van der Waals surface area contributed by atoms with Gasteiger partial charge >= 0.3 is 0 Å². The Kier molecular flexibility index (Phi) is 4.41. The SMILES string of the molecule is COc1cc(/C=N/O)c(Br)c(Br)c1OC. The summed E-state index contributed by atoms with van der Waals surface area (Å²) in [6.07, 6.45) is 1.30. The van der Waals surface area contributed by atoms with Crippen molar-refractivity contribution in [1.29, 1.82) is 0 Å². The monoisotopic (exact) mass is 337 g/mol. The smallest absolute Gasteiger partial charge is 0.176 e. The van der Waals surface area contributed by atoms with E-state index in [2.05, 4.69) is 37.0 Å². The molecule has 1 aromatic carbocycles. The van der Waals surface area contributed by atoms with Crippen LogP contribution in [0.4, 0.5) is 0 Å². The van der Waals surface area contributed by atoms with Crippen molar-refractivity contribution in [1.82, 2.24) is 0 Å². The third-order valence-corrected chi connectivity index (χ3v) is 3.92. The molecule has 0 unspecified atom stereocenters. The van der Waals surface area contributed by atoms with Gasteiger partial charge in [0.05, 0.1) is 24.9 Å². The lowest BCUT2D eigenvalue weighted by molar-refractivity contribution is 0.321. The number of oxime groups is 1. The second-order valence-corrected chi connectivity index (χ2v) is 4.16. The molecule has 4 nitrogen and oxygen atoms in total. The van der Waals surface area contributed by atoms with Gasteiger partial charge in [-0.1, -0.05) is 5.16 Å². The van der Waals surface area contributed by atoms with Crippen LogP contribution in [0.5, 0.6) is 11.5 Å². The van der Waals surface area contributed by atoms with Gasteiger partial charge in [-0.15, -0.1) is 0 Å². The van der Waals surface area contributed by atoms with Crippen molar-refractivity contribution in [3.63, 3.8) is 0 Å². The zero-order chi connectivity index (χ0) is 11.4. The second-order valence-electron chi connectivity index (χ2n) is 2.57. The molecular weight excluding hydrogens is 330 g/mol. The maximum absolute atomic E-state index is 8.49. The first-order chi connectivity index (χ1) is 7.15. The van der Waals surface area contributed by atoms with Gasteiger partial charge in [0.1, 0.15) is 0 Å². The van der Waals surface area contributed by atoms with Crippen molar-refractivity contribution in [3.05, 3.63) is 20.6 Å². The van der Waals surface area contributed by atoms with E-state index in [1.807, 2.05) is 0 Å². The van der Waals surface area contributed by atoms with E-state index < -0.39 is 0 Å². The molecule has 82 valence electrons. The first-order valence-corrected chi connectivity index (χ1v) is 5.51. The van der Waals surface area contributed by atoms with Crippen LogP contribution in [0.1, 0.15) is 5.56 Å². The molecule has 1 N–H and O–H groups in total. The standard InChI is InChI=1S/C9H9Br2NO3/c1-14-6-3-5(4-12-13)7(10)8(11)9(6)15-2/h3-4,13H,1-2H3/b12-4+. The summed E-state index contributed by atoms with van der Waals surface area (Å²) in [4.78, 5) is 0. The lowest BCUT2D eigenvalue weighted by atomic mass is 10.2. The Bertz CT molecular complexity index is 393. The fraction of sp³-hybridized carbons (Fsp3) is 0.222. The molecule has 6 heteroatoms. The Hall–Kier alpha value is -0.750. The van der Waals surface area contributed by atoms with Crippen molar-refractivity contribution in [2.45, 2.75) is 0 Å². The topological polar surface area (TPSA) is 51.0 Å². The molecule has 0 saturated carbocycles. The Morgan fingerprint density at radius 1 is 1.27 bits per heavy atom. The summed E-state index contributed by atoms with van der Waals surface area (Å²) in [5.74, 6) is 1.14. The molecule has 1 aromatic rings. The van der Waals surface area contributed by atoms with Gasteiger partial charge < -0.3 is 14.7 Å². The van der Waals surface area contributed by atoms with Crippen LogP contribution in [0.3, 0.4) is 0 Å². The van der Waals surface area contributed by atoms with Gasteiger partial charge in [0.25, 0.3) is 0 Å². The molecule has 0 atom stereocenters. The van der Waals surface area contributed by atoms with Crippen molar-refractivity contribution >= 4 is 38.1 Å². The van der Waals surface area contributed by atoms with E-state index >= 15 is 0 Å². The number of nitrogens with zero attached hydrogens (tertiary/aromatic N) is 1. The van der Waals surface area contributed by atoms with Crippen molar-refractivity contribution in [2.24, 2.45) is 5.16 Å². The first-order valence-electron chi connectivity index (χ1n) is 3.93. The van der Waals surface area contributed by atoms with Crippen LogP contribution in [0.15, 0.2) is 20.2 Å². The summed E-state index contributed by atoms with van der Waals surface area (Å²) in [6.45, 7) is 0. The molecule has 0 aromatic heterocycles. The van der Waals surface area contributed by atoms with Crippen molar-refractivity contribution in [2.75, 3.05) is 14.2 Å². The minimum Gasteiger partial charge on any atom is -0.493 e. The van der Waals surface area contributed by atoms with E-state index in [1.165, 1.54) is 13.3 Å². The summed E-state index contributed by atoms with van der Waals surface area (Å²) in [5, 5.41) is 11.5. The van der Waals surface area contributed by atoms with Gasteiger partial charge in [0.15, 0.2) is 11.5 Å². The highest BCUT2D eigenvalue weighted by atomic mass is 79.9. The summed E-state index contributed by atoms with van der Waals surface area (Å²) >= 11 is 6.71. The third kappa shape index (κ3) is 2.43. The average molecular weight is 339 g/mol. The fourth-order valence-corrected chi connectivity index (χ4v) is 2.09. The van der Waals surface area contributed by atoms with E-state index in [4.69, 9.17) is 14.7 Å². The minimum atomic E-state index is 0.558. The fourth-order valence-electron chi connectivity index (χ4n) is 1.10. The summed E-state index contributed by atoms with van der Waals surface area (Å²) in [6, 6.07) is 1.70. The van der Waals surface area contributed by atoms with Gasteiger partial charge in [-0.2, -0.15) is 0 Å². The predicted molar refractivity (Wildman–Crippen MR) is 64.3 cm³/mol. The Morgan fingerprint density at radius 2 is 1.93 bits per heavy atom. The molecule has 0 amide bonds. The van der Waals surface area contributed by atoms with Crippen LogP contribution in [0.25, 0.3) is 0 Å². The number of benzene rings is 1. The van der Waals surface area contributed by atoms with Crippen molar-refractivity contribution in [3.8, 4) is 11.5 Å². The Balaban J connectivity index is 3.42. The maximum Gasteiger partial charge on any atom is 0.176 e. The number of halogens is 2. The van der Waals surface area contributed by atoms with Crippen LogP contribution < -0.4 is 9.47 Å². The Labute approximate surface area is 104 Å². The van der Waals surface area contributed by atoms with Gasteiger partial charge in [-0.05, 0) is 37.9 Å². The van der Waals surface area contributed by atoms with E-state index in [1.54, 1.807) is 13.2 Å². The molecule has 0 aliphatic heterocycles. The molecular formula is C9H9Br2NO3. The van der Waals surface area contributed by atoms with Gasteiger partial charge in [0.2, 0.25) is 0 Å². The van der Waals surface area contributed by atoms with Gasteiger partial charge in [0, 0.05) is 10.0 Å². The number of rotatable bonds is 3. The quantitative estimate of drug-likeness (QED) is 0.523. The van der Waals surface area contributed by atoms with E-state index in [0.29, 0.717) is 21.5 Å². The minimum absolute atomic E-state index is 0.558. The summed E-state index contributed by atoms with van der Waals surface area (Å²) in [7, 11) is 3.09. The predicted octanol–water partition coefficient (Wildman–Crippen LogP) is 3.04. The molecule has 0 fully saturated rings. The molecule has 1 rings (SSSR count). The number of hydrogen-bond donors (Lipinski definition) is 1. The van der Waals surface area contributed by atoms with Crippen LogP contribution >= 0.6 is 31.9 Å². The molecule has 15 heavy (non-hydrogen) atoms. The van der Waals surface area contributed by atoms with Crippen LogP contribution in [-0.2, 0) is 0 Å². The third-order valence-electron chi connectivity index (χ3n) is 1.78. The van der Waals surface area contributed by atoms with Crippen molar-refractivity contribution < 1.29 is 14.7 Å². The van der Waals surface area contributed by atoms with Gasteiger partial charge in [-0.25, -0.2) is 0 Å². The lowest BCUT2D eigenvalue weighted by Crippen LogP contribution is -1.95. The van der Waals surface area contributed by atoms with Gasteiger partial charge in [-0.3, -0.25) is 0 Å². The lowest BCUT2D eigenvalue weighted by Gasteiger charge is -2.12. The molecule has 0 saturated heterocycles. The Morgan fingerprint density at radius 3 is 2.40 bits per heavy atom. The van der Waals surface area contributed by atoms with Crippen LogP contribution in [-0.4, -0.2) is 25.6 Å². The van der Waals surface area contributed by atoms with Crippen LogP contribution in [0.2, 0.25) is 0 Å². The highest BCUT2D eigenvalue weighted by Crippen LogP contribution is 2.41. The van der Waals surface area contributed by atoms with Crippen LogP contribution in [0, 0.1) is 0 Å². The highest BCUT2D eigenvalue weighted by Gasteiger charge is 2.15. The summed E-state index contributed by atoms with van der Waals surface area (Å²) in [5.41, 5.74) is 0.682. The summed E-state index contributed by atoms with van der Waals surface area (Å²) < 4.78 is 11.8. The number of ether oxygens (including phenoxy) is 2. The first kappa shape index (κ1) is 12.3. The number of hydrogen-bond acceptors (Lipinski definition) is 4. The molecule has 0 radical (unpaired) electrons. The maximum atomic E-state index is 8.49. The molecule has 0 spiro atoms. The van der Waals surface area contributed by atoms with E-state index in [9.17, 15) is 0 Å². The molecule has 0 aliphatic carbocycles. The largest absolute Gasteiger partial charge is 0.493 e. The zero-order valence-corrected chi connectivity index (χ0v) is 11.3. The molecule has 0 heterocycles. The zero-order valence-electron chi connectivity index (χ0n) is 8.12. The average Bonchev–Trinajstić information content (AvgIpc) is 2.24. The van der Waals surface area contributed by atoms with E-state index in [-0.39, 0.29) is 0 Å². The highest BCUT2D eigenvalue weighted by molar-refractivity contribution is 9.13. The normalized spacial score (nSPS) is 10.7.